The van der Waals surface area contributed by atoms with Crippen LogP contribution in [0.4, 0.5) is 17.1 Å². The third-order valence-electron chi connectivity index (χ3n) is 5.33. The molecule has 0 atom stereocenters. The van der Waals surface area contributed by atoms with Gasteiger partial charge in [-0.2, -0.15) is 0 Å². The molecule has 33 heavy (non-hydrogen) atoms. The molecule has 0 aliphatic carbocycles. The van der Waals surface area contributed by atoms with Gasteiger partial charge in [0.1, 0.15) is 0 Å². The molecule has 7 heteroatoms. The summed E-state index contributed by atoms with van der Waals surface area (Å²) in [5, 5.41) is 15.7. The summed E-state index contributed by atoms with van der Waals surface area (Å²) in [6.45, 7) is 2.42. The third-order valence-corrected chi connectivity index (χ3v) is 5.33. The van der Waals surface area contributed by atoms with Gasteiger partial charge in [-0.15, -0.1) is 0 Å². The first-order valence-corrected chi connectivity index (χ1v) is 10.4. The van der Waals surface area contributed by atoms with Gasteiger partial charge in [0.05, 0.1) is 10.6 Å². The maximum atomic E-state index is 13.3. The Hall–Kier alpha value is -4.52. The minimum atomic E-state index is -0.549. The number of nitrogens with one attached hydrogen (secondary N) is 1. The van der Waals surface area contributed by atoms with E-state index in [4.69, 9.17) is 0 Å². The summed E-state index contributed by atoms with van der Waals surface area (Å²) in [6, 6.07) is 25.9. The Labute approximate surface area is 190 Å². The number of hydrogen-bond acceptors (Lipinski definition) is 4. The molecule has 4 aromatic carbocycles. The Morgan fingerprint density at radius 2 is 1.58 bits per heavy atom. The molecule has 0 aromatic heterocycles. The standard InChI is InChI=1S/C26H21N3O4/c1-2-28(24-12-6-8-18-7-3-4-11-23(18)24)26(31)19-13-15-21(16-14-19)27-25(30)20-9-5-10-22(17-20)29(32)33/h3-17H,2H2,1H3,(H,27,30). The molecule has 0 saturated heterocycles. The smallest absolute Gasteiger partial charge is 0.270 e. The highest BCUT2D eigenvalue weighted by Crippen LogP contribution is 2.28. The zero-order chi connectivity index (χ0) is 23.4. The molecule has 0 unspecified atom stereocenters. The molecule has 0 heterocycles. The predicted octanol–water partition coefficient (Wildman–Crippen LogP) is 5.67. The number of nitro benzene ring substituents is 1. The summed E-state index contributed by atoms with van der Waals surface area (Å²) in [5.41, 5.74) is 1.83. The van der Waals surface area contributed by atoms with Crippen LogP contribution >= 0.6 is 0 Å². The van der Waals surface area contributed by atoms with E-state index in [2.05, 4.69) is 5.32 Å². The van der Waals surface area contributed by atoms with Gasteiger partial charge in [-0.1, -0.05) is 42.5 Å². The Morgan fingerprint density at radius 1 is 0.879 bits per heavy atom. The van der Waals surface area contributed by atoms with Gasteiger partial charge >= 0.3 is 0 Å². The second-order valence-electron chi connectivity index (χ2n) is 7.39. The SMILES string of the molecule is CCN(C(=O)c1ccc(NC(=O)c2cccc([N+](=O)[O-])c2)cc1)c1cccc2ccccc12. The first-order valence-electron chi connectivity index (χ1n) is 10.4. The van der Waals surface area contributed by atoms with Crippen molar-refractivity contribution in [2.45, 2.75) is 6.92 Å². The maximum absolute atomic E-state index is 13.3. The van der Waals surface area contributed by atoms with Crippen LogP contribution in [0.25, 0.3) is 10.8 Å². The second kappa shape index (κ2) is 9.32. The van der Waals surface area contributed by atoms with E-state index < -0.39 is 10.8 Å². The molecule has 4 aromatic rings. The van der Waals surface area contributed by atoms with E-state index in [1.54, 1.807) is 29.2 Å². The van der Waals surface area contributed by atoms with Crippen LogP contribution in [0.15, 0.2) is 91.0 Å². The van der Waals surface area contributed by atoms with Crippen molar-refractivity contribution in [2.75, 3.05) is 16.8 Å². The van der Waals surface area contributed by atoms with E-state index in [-0.39, 0.29) is 17.2 Å². The molecule has 4 rings (SSSR count). The van der Waals surface area contributed by atoms with Crippen molar-refractivity contribution in [1.82, 2.24) is 0 Å². The maximum Gasteiger partial charge on any atom is 0.270 e. The van der Waals surface area contributed by atoms with Crippen LogP contribution in [-0.2, 0) is 0 Å². The number of amides is 2. The zero-order valence-electron chi connectivity index (χ0n) is 17.9. The summed E-state index contributed by atoms with van der Waals surface area (Å²) < 4.78 is 0. The lowest BCUT2D eigenvalue weighted by atomic mass is 10.1. The zero-order valence-corrected chi connectivity index (χ0v) is 17.9. The summed E-state index contributed by atoms with van der Waals surface area (Å²) in [4.78, 5) is 37.8. The van der Waals surface area contributed by atoms with Gasteiger partial charge in [0.2, 0.25) is 0 Å². The topological polar surface area (TPSA) is 92.6 Å². The largest absolute Gasteiger partial charge is 0.322 e. The highest BCUT2D eigenvalue weighted by atomic mass is 16.6. The molecular weight excluding hydrogens is 418 g/mol. The quantitative estimate of drug-likeness (QED) is 0.310. The van der Waals surface area contributed by atoms with Gasteiger partial charge in [-0.05, 0) is 48.7 Å². The lowest BCUT2D eigenvalue weighted by molar-refractivity contribution is -0.384. The molecule has 0 radical (unpaired) electrons. The van der Waals surface area contributed by atoms with Crippen molar-refractivity contribution < 1.29 is 14.5 Å². The minimum absolute atomic E-state index is 0.148. The lowest BCUT2D eigenvalue weighted by Crippen LogP contribution is -2.30. The van der Waals surface area contributed by atoms with E-state index in [1.807, 2.05) is 49.4 Å². The molecule has 0 aliphatic heterocycles. The van der Waals surface area contributed by atoms with Crippen molar-refractivity contribution in [2.24, 2.45) is 0 Å². The first kappa shape index (κ1) is 21.7. The number of rotatable bonds is 6. The normalized spacial score (nSPS) is 10.6. The van der Waals surface area contributed by atoms with Gasteiger partial charge < -0.3 is 10.2 Å². The molecule has 164 valence electrons. The van der Waals surface area contributed by atoms with Crippen LogP contribution < -0.4 is 10.2 Å². The summed E-state index contributed by atoms with van der Waals surface area (Å²) >= 11 is 0. The minimum Gasteiger partial charge on any atom is -0.322 e. The van der Waals surface area contributed by atoms with Gasteiger partial charge in [-0.25, -0.2) is 0 Å². The van der Waals surface area contributed by atoms with Crippen LogP contribution in [0, 0.1) is 10.1 Å². The van der Waals surface area contributed by atoms with Crippen molar-refractivity contribution in [3.05, 3.63) is 112 Å². The number of benzene rings is 4. The molecule has 7 nitrogen and oxygen atoms in total. The van der Waals surface area contributed by atoms with Crippen LogP contribution in [0.3, 0.4) is 0 Å². The van der Waals surface area contributed by atoms with Crippen molar-refractivity contribution >= 4 is 39.6 Å². The number of non-ortho nitro benzene ring substituents is 1. The van der Waals surface area contributed by atoms with Gasteiger partial charge in [0.15, 0.2) is 0 Å². The van der Waals surface area contributed by atoms with Gasteiger partial charge in [0, 0.05) is 40.9 Å². The second-order valence-corrected chi connectivity index (χ2v) is 7.39. The Morgan fingerprint density at radius 3 is 2.30 bits per heavy atom. The summed E-state index contributed by atoms with van der Waals surface area (Å²) in [6.07, 6.45) is 0. The molecule has 0 bridgehead atoms. The van der Waals surface area contributed by atoms with Crippen molar-refractivity contribution in [3.8, 4) is 0 Å². The van der Waals surface area contributed by atoms with E-state index in [0.29, 0.717) is 17.8 Å². The molecule has 1 N–H and O–H groups in total. The number of anilines is 2. The van der Waals surface area contributed by atoms with E-state index in [1.165, 1.54) is 24.3 Å². The Kier molecular flexibility index (Phi) is 6.13. The summed E-state index contributed by atoms with van der Waals surface area (Å²) in [5.74, 6) is -0.617. The van der Waals surface area contributed by atoms with E-state index >= 15 is 0 Å². The fourth-order valence-electron chi connectivity index (χ4n) is 3.68. The Bertz CT molecular complexity index is 1340. The van der Waals surface area contributed by atoms with Crippen LogP contribution in [0.5, 0.6) is 0 Å². The molecular formula is C26H21N3O4. The van der Waals surface area contributed by atoms with Crippen molar-refractivity contribution in [3.63, 3.8) is 0 Å². The fraction of sp³-hybridized carbons (Fsp3) is 0.0769. The van der Waals surface area contributed by atoms with Crippen LogP contribution in [0.2, 0.25) is 0 Å². The highest BCUT2D eigenvalue weighted by molar-refractivity contribution is 6.11. The van der Waals surface area contributed by atoms with E-state index in [9.17, 15) is 19.7 Å². The Balaban J connectivity index is 1.53. The van der Waals surface area contributed by atoms with Crippen LogP contribution in [-0.4, -0.2) is 23.3 Å². The predicted molar refractivity (Wildman–Crippen MR) is 129 cm³/mol. The first-order chi connectivity index (χ1) is 16.0. The third kappa shape index (κ3) is 4.57. The molecule has 2 amide bonds. The molecule has 0 aliphatic rings. The number of carbonyl (C=O) groups is 2. The number of nitrogens with zero attached hydrogens (tertiary/aromatic N) is 2. The number of nitro groups is 1. The molecule has 0 saturated carbocycles. The summed E-state index contributed by atoms with van der Waals surface area (Å²) in [7, 11) is 0. The average molecular weight is 439 g/mol. The van der Waals surface area contributed by atoms with Gasteiger partial charge in [0.25, 0.3) is 17.5 Å². The monoisotopic (exact) mass is 439 g/mol. The van der Waals surface area contributed by atoms with Crippen LogP contribution in [0.1, 0.15) is 27.6 Å². The molecule has 0 fully saturated rings. The number of hydrogen-bond donors (Lipinski definition) is 1. The number of carbonyl (C=O) groups excluding carboxylic acids is 2. The fourth-order valence-corrected chi connectivity index (χ4v) is 3.68. The average Bonchev–Trinajstić information content (AvgIpc) is 2.85. The lowest BCUT2D eigenvalue weighted by Gasteiger charge is -2.23. The van der Waals surface area contributed by atoms with Gasteiger partial charge in [-0.3, -0.25) is 19.7 Å². The highest BCUT2D eigenvalue weighted by Gasteiger charge is 2.18. The van der Waals surface area contributed by atoms with Crippen molar-refractivity contribution in [1.29, 1.82) is 0 Å². The van der Waals surface area contributed by atoms with E-state index in [0.717, 1.165) is 16.5 Å². The number of fused-ring (bicyclic) bond motifs is 1. The molecule has 0 spiro atoms.